The smallest absolute Gasteiger partial charge is 0.308 e. The van der Waals surface area contributed by atoms with Crippen molar-refractivity contribution in [3.05, 3.63) is 58.0 Å². The van der Waals surface area contributed by atoms with E-state index in [2.05, 4.69) is 0 Å². The molecule has 6 heteroatoms. The number of piperidine rings is 1. The van der Waals surface area contributed by atoms with Crippen molar-refractivity contribution in [2.24, 2.45) is 5.92 Å². The van der Waals surface area contributed by atoms with Crippen LogP contribution in [-0.4, -0.2) is 28.4 Å². The maximum Gasteiger partial charge on any atom is 0.308 e. The molecule has 2 aromatic rings. The van der Waals surface area contributed by atoms with E-state index in [-0.39, 0.29) is 18.7 Å². The van der Waals surface area contributed by atoms with Crippen molar-refractivity contribution in [2.75, 3.05) is 6.54 Å². The lowest BCUT2D eigenvalue weighted by Gasteiger charge is -2.39. The van der Waals surface area contributed by atoms with Gasteiger partial charge in [-0.1, -0.05) is 18.2 Å². The lowest BCUT2D eigenvalue weighted by molar-refractivity contribution is -0.152. The molecular formula is C18H18FNO3S. The molecule has 1 aliphatic rings. The Morgan fingerprint density at radius 3 is 2.83 bits per heavy atom. The van der Waals surface area contributed by atoms with Crippen molar-refractivity contribution in [1.29, 1.82) is 0 Å². The van der Waals surface area contributed by atoms with Crippen LogP contribution < -0.4 is 0 Å². The van der Waals surface area contributed by atoms with E-state index in [9.17, 15) is 19.1 Å². The number of hydrogen-bond donors (Lipinski definition) is 1. The van der Waals surface area contributed by atoms with Crippen molar-refractivity contribution in [3.63, 3.8) is 0 Å². The van der Waals surface area contributed by atoms with Crippen LogP contribution in [0.5, 0.6) is 0 Å². The van der Waals surface area contributed by atoms with Gasteiger partial charge in [0.15, 0.2) is 0 Å². The zero-order valence-corrected chi connectivity index (χ0v) is 13.8. The Bertz CT molecular complexity index is 732. The van der Waals surface area contributed by atoms with Gasteiger partial charge < -0.3 is 10.0 Å². The van der Waals surface area contributed by atoms with Crippen LogP contribution in [0.1, 0.15) is 29.3 Å². The molecule has 1 fully saturated rings. The van der Waals surface area contributed by atoms with Crippen LogP contribution in [0, 0.1) is 11.7 Å². The number of carbonyl (C=O) groups excluding carboxylic acids is 1. The number of thiophene rings is 1. The summed E-state index contributed by atoms with van der Waals surface area (Å²) < 4.78 is 13.6. The molecule has 0 bridgehead atoms. The summed E-state index contributed by atoms with van der Waals surface area (Å²) in [7, 11) is 0. The number of aliphatic carboxylic acids is 1. The molecule has 3 rings (SSSR count). The van der Waals surface area contributed by atoms with Gasteiger partial charge in [-0.25, -0.2) is 4.39 Å². The van der Waals surface area contributed by atoms with Crippen LogP contribution in [0.2, 0.25) is 0 Å². The summed E-state index contributed by atoms with van der Waals surface area (Å²) in [6.45, 7) is 0.435. The summed E-state index contributed by atoms with van der Waals surface area (Å²) in [5, 5.41) is 11.5. The van der Waals surface area contributed by atoms with Crippen molar-refractivity contribution in [2.45, 2.75) is 25.3 Å². The average molecular weight is 347 g/mol. The number of benzene rings is 1. The lowest BCUT2D eigenvalue weighted by atomic mass is 9.84. The monoisotopic (exact) mass is 347 g/mol. The van der Waals surface area contributed by atoms with E-state index in [4.69, 9.17) is 0 Å². The van der Waals surface area contributed by atoms with E-state index in [0.717, 1.165) is 4.88 Å². The number of carbonyl (C=O) groups is 2. The third-order valence-corrected chi connectivity index (χ3v) is 5.33. The molecular weight excluding hydrogens is 329 g/mol. The lowest BCUT2D eigenvalue weighted by Crippen LogP contribution is -2.46. The number of carboxylic acid groups (broad SMARTS) is 1. The molecule has 2 atom stereocenters. The third kappa shape index (κ3) is 3.48. The molecule has 1 saturated heterocycles. The highest BCUT2D eigenvalue weighted by Crippen LogP contribution is 2.37. The Hall–Kier alpha value is -2.21. The molecule has 1 aromatic carbocycles. The van der Waals surface area contributed by atoms with E-state index in [1.165, 1.54) is 12.1 Å². The number of nitrogens with zero attached hydrogens (tertiary/aromatic N) is 1. The zero-order chi connectivity index (χ0) is 17.1. The predicted molar refractivity (Wildman–Crippen MR) is 89.2 cm³/mol. The Labute approximate surface area is 143 Å². The summed E-state index contributed by atoms with van der Waals surface area (Å²) in [6, 6.07) is 9.21. The van der Waals surface area contributed by atoms with Crippen LogP contribution in [0.3, 0.4) is 0 Å². The fraction of sp³-hybridized carbons (Fsp3) is 0.333. The Morgan fingerprint density at radius 1 is 1.33 bits per heavy atom. The van der Waals surface area contributed by atoms with Crippen molar-refractivity contribution in [3.8, 4) is 0 Å². The first-order chi connectivity index (χ1) is 11.6. The Balaban J connectivity index is 1.91. The molecule has 0 saturated carbocycles. The molecule has 1 aromatic heterocycles. The predicted octanol–water partition coefficient (Wildman–Crippen LogP) is 3.49. The maximum atomic E-state index is 13.6. The maximum absolute atomic E-state index is 13.6. The molecule has 0 aliphatic carbocycles. The van der Waals surface area contributed by atoms with E-state index >= 15 is 0 Å². The number of halogens is 1. The minimum Gasteiger partial charge on any atom is -0.481 e. The minimum absolute atomic E-state index is 0.0710. The second-order valence-electron chi connectivity index (χ2n) is 5.90. The first-order valence-electron chi connectivity index (χ1n) is 7.86. The van der Waals surface area contributed by atoms with Gasteiger partial charge in [0.25, 0.3) is 0 Å². The van der Waals surface area contributed by atoms with Crippen LogP contribution in [0.4, 0.5) is 4.39 Å². The SMILES string of the molecule is O=C(O)C1CCC(=O)N(CCc2cccs2)C1c1cccc(F)c1. The number of likely N-dealkylation sites (tertiary alicyclic amines) is 1. The summed E-state index contributed by atoms with van der Waals surface area (Å²) in [5.41, 5.74) is 0.543. The highest BCUT2D eigenvalue weighted by atomic mass is 32.1. The topological polar surface area (TPSA) is 57.6 Å². The first-order valence-corrected chi connectivity index (χ1v) is 8.74. The molecule has 2 unspecified atom stereocenters. The van der Waals surface area contributed by atoms with E-state index in [1.807, 2.05) is 17.5 Å². The molecule has 0 spiro atoms. The fourth-order valence-electron chi connectivity index (χ4n) is 3.26. The van der Waals surface area contributed by atoms with Crippen molar-refractivity contribution >= 4 is 23.2 Å². The van der Waals surface area contributed by atoms with Gasteiger partial charge in [0.2, 0.25) is 5.91 Å². The second-order valence-corrected chi connectivity index (χ2v) is 6.93. The summed E-state index contributed by atoms with van der Waals surface area (Å²) in [4.78, 5) is 26.9. The molecule has 4 nitrogen and oxygen atoms in total. The van der Waals surface area contributed by atoms with Gasteiger partial charge in [-0.15, -0.1) is 11.3 Å². The van der Waals surface area contributed by atoms with Crippen molar-refractivity contribution in [1.82, 2.24) is 4.90 Å². The zero-order valence-electron chi connectivity index (χ0n) is 13.0. The highest BCUT2D eigenvalue weighted by molar-refractivity contribution is 7.09. The molecule has 2 heterocycles. The average Bonchev–Trinajstić information content (AvgIpc) is 3.06. The van der Waals surface area contributed by atoms with Crippen LogP contribution in [0.15, 0.2) is 41.8 Å². The van der Waals surface area contributed by atoms with E-state index in [0.29, 0.717) is 18.5 Å². The molecule has 1 N–H and O–H groups in total. The van der Waals surface area contributed by atoms with Gasteiger partial charge in [-0.05, 0) is 42.0 Å². The van der Waals surface area contributed by atoms with Crippen molar-refractivity contribution < 1.29 is 19.1 Å². The van der Waals surface area contributed by atoms with Gasteiger partial charge in [-0.2, -0.15) is 0 Å². The Kier molecular flexibility index (Phi) is 4.94. The van der Waals surface area contributed by atoms with Gasteiger partial charge in [0, 0.05) is 17.8 Å². The molecule has 1 aliphatic heterocycles. The third-order valence-electron chi connectivity index (χ3n) is 4.39. The number of rotatable bonds is 5. The van der Waals surface area contributed by atoms with Gasteiger partial charge in [0.1, 0.15) is 5.82 Å². The first kappa shape index (κ1) is 16.6. The fourth-order valence-corrected chi connectivity index (χ4v) is 3.96. The van der Waals surface area contributed by atoms with Gasteiger partial charge in [-0.3, -0.25) is 9.59 Å². The van der Waals surface area contributed by atoms with Crippen LogP contribution >= 0.6 is 11.3 Å². The normalized spacial score (nSPS) is 21.0. The van der Waals surface area contributed by atoms with E-state index in [1.54, 1.807) is 28.4 Å². The van der Waals surface area contributed by atoms with Crippen LogP contribution in [-0.2, 0) is 16.0 Å². The van der Waals surface area contributed by atoms with Crippen LogP contribution in [0.25, 0.3) is 0 Å². The molecule has 126 valence electrons. The molecule has 1 amide bonds. The number of hydrogen-bond acceptors (Lipinski definition) is 3. The minimum atomic E-state index is -0.946. The standard InChI is InChI=1S/C18H18FNO3S/c19-13-4-1-3-12(11-13)17-15(18(22)23)6-7-16(21)20(17)9-8-14-5-2-10-24-14/h1-5,10-11,15,17H,6-9H2,(H,22,23). The highest BCUT2D eigenvalue weighted by Gasteiger charge is 2.40. The second kappa shape index (κ2) is 7.13. The molecule has 0 radical (unpaired) electrons. The molecule has 24 heavy (non-hydrogen) atoms. The van der Waals surface area contributed by atoms with Gasteiger partial charge in [0.05, 0.1) is 12.0 Å². The summed E-state index contributed by atoms with van der Waals surface area (Å²) >= 11 is 1.61. The Morgan fingerprint density at radius 2 is 2.17 bits per heavy atom. The largest absolute Gasteiger partial charge is 0.481 e. The quantitative estimate of drug-likeness (QED) is 0.901. The van der Waals surface area contributed by atoms with Gasteiger partial charge >= 0.3 is 5.97 Å². The summed E-state index contributed by atoms with van der Waals surface area (Å²) in [5.74, 6) is -2.16. The summed E-state index contributed by atoms with van der Waals surface area (Å²) in [6.07, 6.45) is 1.17. The number of carboxylic acids is 1. The number of amides is 1. The van der Waals surface area contributed by atoms with E-state index < -0.39 is 23.7 Å².